The molecule has 0 bridgehead atoms. The number of carboxylic acid groups (broad SMARTS) is 1. The van der Waals surface area contributed by atoms with Crippen molar-refractivity contribution in [3.8, 4) is 5.75 Å². The third-order valence-corrected chi connectivity index (χ3v) is 3.38. The SMILES string of the molecule is CCOc1c(Br)cc(CN(C)CC(=O)O)cc1Br. The van der Waals surface area contributed by atoms with Crippen molar-refractivity contribution >= 4 is 37.8 Å². The lowest BCUT2D eigenvalue weighted by Crippen LogP contribution is -2.25. The summed E-state index contributed by atoms with van der Waals surface area (Å²) in [6.45, 7) is 3.10. The van der Waals surface area contributed by atoms with Crippen molar-refractivity contribution in [2.24, 2.45) is 0 Å². The maximum Gasteiger partial charge on any atom is 0.317 e. The van der Waals surface area contributed by atoms with E-state index in [0.29, 0.717) is 13.2 Å². The predicted molar refractivity (Wildman–Crippen MR) is 77.0 cm³/mol. The van der Waals surface area contributed by atoms with Crippen LogP contribution in [-0.2, 0) is 11.3 Å². The van der Waals surface area contributed by atoms with Crippen molar-refractivity contribution in [3.63, 3.8) is 0 Å². The molecule has 0 heterocycles. The van der Waals surface area contributed by atoms with Crippen molar-refractivity contribution in [1.82, 2.24) is 4.90 Å². The van der Waals surface area contributed by atoms with Crippen LogP contribution in [0.25, 0.3) is 0 Å². The molecule has 0 amide bonds. The first-order chi connectivity index (χ1) is 8.43. The van der Waals surface area contributed by atoms with E-state index in [1.165, 1.54) is 0 Å². The topological polar surface area (TPSA) is 49.8 Å². The number of halogens is 2. The Labute approximate surface area is 123 Å². The summed E-state index contributed by atoms with van der Waals surface area (Å²) in [6, 6.07) is 3.88. The number of nitrogens with zero attached hydrogens (tertiary/aromatic N) is 1. The lowest BCUT2D eigenvalue weighted by Gasteiger charge is -2.16. The summed E-state index contributed by atoms with van der Waals surface area (Å²) in [5.41, 5.74) is 1.01. The molecular formula is C12H15Br2NO3. The van der Waals surface area contributed by atoms with E-state index in [9.17, 15) is 4.79 Å². The van der Waals surface area contributed by atoms with Gasteiger partial charge in [0.25, 0.3) is 0 Å². The second-order valence-corrected chi connectivity index (χ2v) is 5.60. The van der Waals surface area contributed by atoms with Crippen LogP contribution in [0.15, 0.2) is 21.1 Å². The second-order valence-electron chi connectivity index (χ2n) is 3.89. The van der Waals surface area contributed by atoms with Crippen molar-refractivity contribution in [1.29, 1.82) is 0 Å². The highest BCUT2D eigenvalue weighted by molar-refractivity contribution is 9.11. The van der Waals surface area contributed by atoms with Crippen LogP contribution in [0.4, 0.5) is 0 Å². The lowest BCUT2D eigenvalue weighted by molar-refractivity contribution is -0.138. The third kappa shape index (κ3) is 4.59. The van der Waals surface area contributed by atoms with Crippen LogP contribution in [0, 0.1) is 0 Å². The Balaban J connectivity index is 2.82. The molecule has 1 N–H and O–H groups in total. The molecule has 0 saturated carbocycles. The van der Waals surface area contributed by atoms with Gasteiger partial charge in [0.05, 0.1) is 22.1 Å². The first kappa shape index (κ1) is 15.5. The van der Waals surface area contributed by atoms with E-state index in [1.54, 1.807) is 11.9 Å². The molecular weight excluding hydrogens is 366 g/mol. The van der Waals surface area contributed by atoms with Crippen LogP contribution in [-0.4, -0.2) is 36.2 Å². The number of carboxylic acids is 1. The Hall–Kier alpha value is -0.590. The van der Waals surface area contributed by atoms with E-state index in [1.807, 2.05) is 19.1 Å². The molecule has 1 aromatic rings. The lowest BCUT2D eigenvalue weighted by atomic mass is 10.2. The molecule has 0 fully saturated rings. The van der Waals surface area contributed by atoms with Crippen molar-refractivity contribution in [2.75, 3.05) is 20.2 Å². The number of likely N-dealkylation sites (N-methyl/N-ethyl adjacent to an activating group) is 1. The molecule has 4 nitrogen and oxygen atoms in total. The Morgan fingerprint density at radius 2 is 1.94 bits per heavy atom. The van der Waals surface area contributed by atoms with E-state index >= 15 is 0 Å². The molecule has 18 heavy (non-hydrogen) atoms. The Kier molecular flexibility index (Phi) is 6.11. The minimum absolute atomic E-state index is 0.0163. The standard InChI is InChI=1S/C12H15Br2NO3/c1-3-18-12-9(13)4-8(5-10(12)14)6-15(2)7-11(16)17/h4-5H,3,6-7H2,1-2H3,(H,16,17). The molecule has 6 heteroatoms. The molecule has 0 spiro atoms. The second kappa shape index (κ2) is 7.11. The van der Waals surface area contributed by atoms with Crippen LogP contribution in [0.3, 0.4) is 0 Å². The van der Waals surface area contributed by atoms with Gasteiger partial charge >= 0.3 is 5.97 Å². The van der Waals surface area contributed by atoms with Crippen LogP contribution in [0.5, 0.6) is 5.75 Å². The number of ether oxygens (including phenoxy) is 1. The average Bonchev–Trinajstić information content (AvgIpc) is 2.22. The van der Waals surface area contributed by atoms with Gasteiger partial charge in [0.2, 0.25) is 0 Å². The summed E-state index contributed by atoms with van der Waals surface area (Å²) >= 11 is 6.90. The number of hydrogen-bond donors (Lipinski definition) is 1. The molecule has 0 saturated heterocycles. The summed E-state index contributed by atoms with van der Waals surface area (Å²) in [7, 11) is 1.77. The van der Waals surface area contributed by atoms with Crippen molar-refractivity contribution in [3.05, 3.63) is 26.6 Å². The highest BCUT2D eigenvalue weighted by atomic mass is 79.9. The molecule has 0 radical (unpaired) electrons. The summed E-state index contributed by atoms with van der Waals surface area (Å²) in [6.07, 6.45) is 0. The summed E-state index contributed by atoms with van der Waals surface area (Å²) < 4.78 is 7.21. The van der Waals surface area contributed by atoms with Gasteiger partial charge in [-0.05, 0) is 63.5 Å². The minimum Gasteiger partial charge on any atom is -0.492 e. The number of hydrogen-bond acceptors (Lipinski definition) is 3. The van der Waals surface area contributed by atoms with Gasteiger partial charge < -0.3 is 9.84 Å². The van der Waals surface area contributed by atoms with Gasteiger partial charge in [0.15, 0.2) is 0 Å². The normalized spacial score (nSPS) is 10.7. The van der Waals surface area contributed by atoms with Crippen LogP contribution in [0.2, 0.25) is 0 Å². The van der Waals surface area contributed by atoms with Gasteiger partial charge in [0, 0.05) is 6.54 Å². The molecule has 0 aliphatic carbocycles. The van der Waals surface area contributed by atoms with Gasteiger partial charge in [-0.2, -0.15) is 0 Å². The molecule has 1 aromatic carbocycles. The van der Waals surface area contributed by atoms with Gasteiger partial charge in [-0.1, -0.05) is 0 Å². The fourth-order valence-electron chi connectivity index (χ4n) is 1.58. The van der Waals surface area contributed by atoms with Crippen LogP contribution >= 0.6 is 31.9 Å². The first-order valence-electron chi connectivity index (χ1n) is 5.45. The summed E-state index contributed by atoms with van der Waals surface area (Å²) in [4.78, 5) is 12.3. The molecule has 0 unspecified atom stereocenters. The number of benzene rings is 1. The number of rotatable bonds is 6. The number of carbonyl (C=O) groups is 1. The summed E-state index contributed by atoms with van der Waals surface area (Å²) in [5, 5.41) is 8.70. The fraction of sp³-hybridized carbons (Fsp3) is 0.417. The van der Waals surface area contributed by atoms with E-state index in [4.69, 9.17) is 9.84 Å². The zero-order chi connectivity index (χ0) is 13.7. The Morgan fingerprint density at radius 1 is 1.39 bits per heavy atom. The van der Waals surface area contributed by atoms with Crippen LogP contribution < -0.4 is 4.74 Å². The van der Waals surface area contributed by atoms with Gasteiger partial charge in [-0.3, -0.25) is 9.69 Å². The molecule has 0 atom stereocenters. The average molecular weight is 381 g/mol. The van der Waals surface area contributed by atoms with E-state index < -0.39 is 5.97 Å². The minimum atomic E-state index is -0.832. The molecule has 0 aliphatic rings. The van der Waals surface area contributed by atoms with Gasteiger partial charge in [-0.25, -0.2) is 0 Å². The molecule has 100 valence electrons. The quantitative estimate of drug-likeness (QED) is 0.823. The largest absolute Gasteiger partial charge is 0.492 e. The zero-order valence-corrected chi connectivity index (χ0v) is 13.4. The van der Waals surface area contributed by atoms with E-state index in [0.717, 1.165) is 20.3 Å². The summed E-state index contributed by atoms with van der Waals surface area (Å²) in [5.74, 6) is -0.0660. The highest BCUT2D eigenvalue weighted by Gasteiger charge is 2.11. The predicted octanol–water partition coefficient (Wildman–Crippen LogP) is 3.13. The number of aliphatic carboxylic acids is 1. The van der Waals surface area contributed by atoms with Crippen molar-refractivity contribution < 1.29 is 14.6 Å². The van der Waals surface area contributed by atoms with Crippen molar-refractivity contribution in [2.45, 2.75) is 13.5 Å². The Bertz CT molecular complexity index is 414. The maximum absolute atomic E-state index is 10.6. The molecule has 1 rings (SSSR count). The van der Waals surface area contributed by atoms with E-state index in [-0.39, 0.29) is 6.54 Å². The smallest absolute Gasteiger partial charge is 0.317 e. The van der Waals surface area contributed by atoms with Crippen LogP contribution in [0.1, 0.15) is 12.5 Å². The molecule has 0 aromatic heterocycles. The van der Waals surface area contributed by atoms with Gasteiger partial charge in [-0.15, -0.1) is 0 Å². The Morgan fingerprint density at radius 3 is 2.39 bits per heavy atom. The first-order valence-corrected chi connectivity index (χ1v) is 7.03. The zero-order valence-electron chi connectivity index (χ0n) is 10.2. The highest BCUT2D eigenvalue weighted by Crippen LogP contribution is 2.35. The van der Waals surface area contributed by atoms with Gasteiger partial charge in [0.1, 0.15) is 5.75 Å². The monoisotopic (exact) mass is 379 g/mol. The third-order valence-electron chi connectivity index (χ3n) is 2.20. The fourth-order valence-corrected chi connectivity index (χ4v) is 3.09. The molecule has 0 aliphatic heterocycles. The van der Waals surface area contributed by atoms with E-state index in [2.05, 4.69) is 31.9 Å². The maximum atomic E-state index is 10.6.